The summed E-state index contributed by atoms with van der Waals surface area (Å²) in [6, 6.07) is 12.2. The molecule has 0 aliphatic carbocycles. The lowest BCUT2D eigenvalue weighted by molar-refractivity contribution is 0.0601. The van der Waals surface area contributed by atoms with E-state index in [0.29, 0.717) is 22.3 Å². The van der Waals surface area contributed by atoms with Crippen LogP contribution in [0.4, 0.5) is 8.78 Å². The average molecular weight is 330 g/mol. The van der Waals surface area contributed by atoms with Crippen molar-refractivity contribution in [2.24, 2.45) is 0 Å². The third-order valence-electron chi connectivity index (χ3n) is 3.42. The van der Waals surface area contributed by atoms with Crippen LogP contribution in [0.25, 0.3) is 21.6 Å². The normalized spacial score (nSPS) is 10.6. The van der Waals surface area contributed by atoms with Crippen LogP contribution in [0.1, 0.15) is 10.4 Å². The Morgan fingerprint density at radius 1 is 1.00 bits per heavy atom. The zero-order valence-corrected chi connectivity index (χ0v) is 13.0. The third-order valence-corrected chi connectivity index (χ3v) is 4.36. The molecule has 2 nitrogen and oxygen atoms in total. The zero-order valence-electron chi connectivity index (χ0n) is 12.2. The number of carbonyl (C=O) groups is 1. The monoisotopic (exact) mass is 330 g/mol. The number of thiophene rings is 1. The zero-order chi connectivity index (χ0) is 16.4. The van der Waals surface area contributed by atoms with Gasteiger partial charge in [0.2, 0.25) is 0 Å². The van der Waals surface area contributed by atoms with Gasteiger partial charge in [0, 0.05) is 22.1 Å². The van der Waals surface area contributed by atoms with Crippen molar-refractivity contribution < 1.29 is 18.3 Å². The first-order chi connectivity index (χ1) is 11.1. The Morgan fingerprint density at radius 2 is 1.70 bits per heavy atom. The molecule has 0 saturated carbocycles. The van der Waals surface area contributed by atoms with Crippen molar-refractivity contribution in [1.29, 1.82) is 0 Å². The van der Waals surface area contributed by atoms with Crippen LogP contribution in [0.3, 0.4) is 0 Å². The number of rotatable bonds is 3. The van der Waals surface area contributed by atoms with E-state index in [1.165, 1.54) is 30.6 Å². The second-order valence-corrected chi connectivity index (χ2v) is 5.77. The maximum Gasteiger partial charge on any atom is 0.338 e. The minimum atomic E-state index is -0.640. The highest BCUT2D eigenvalue weighted by Crippen LogP contribution is 2.39. The van der Waals surface area contributed by atoms with Crippen LogP contribution in [-0.2, 0) is 4.74 Å². The summed E-state index contributed by atoms with van der Waals surface area (Å²) < 4.78 is 31.8. The summed E-state index contributed by atoms with van der Waals surface area (Å²) in [5.41, 5.74) is 2.19. The first kappa shape index (κ1) is 15.4. The maximum atomic E-state index is 13.5. The van der Waals surface area contributed by atoms with E-state index < -0.39 is 17.6 Å². The Bertz CT molecular complexity index is 851. The molecule has 0 saturated heterocycles. The summed E-state index contributed by atoms with van der Waals surface area (Å²) in [5.74, 6) is -1.73. The van der Waals surface area contributed by atoms with Crippen LogP contribution in [0.5, 0.6) is 0 Å². The van der Waals surface area contributed by atoms with Crippen LogP contribution in [0, 0.1) is 11.6 Å². The van der Waals surface area contributed by atoms with Crippen molar-refractivity contribution in [3.63, 3.8) is 0 Å². The quantitative estimate of drug-likeness (QED) is 0.621. The smallest absolute Gasteiger partial charge is 0.338 e. The van der Waals surface area contributed by atoms with Gasteiger partial charge in [-0.1, -0.05) is 18.2 Å². The van der Waals surface area contributed by atoms with Gasteiger partial charge in [0.05, 0.1) is 12.7 Å². The molecular formula is C18H12F2O2S. The predicted molar refractivity (Wildman–Crippen MR) is 86.4 cm³/mol. The molecule has 1 aromatic heterocycles. The van der Waals surface area contributed by atoms with Gasteiger partial charge in [-0.05, 0) is 35.2 Å². The molecule has 3 rings (SSSR count). The molecule has 0 bridgehead atoms. The Kier molecular flexibility index (Phi) is 4.21. The number of hydrogen-bond acceptors (Lipinski definition) is 3. The second-order valence-electron chi connectivity index (χ2n) is 4.86. The number of esters is 1. The van der Waals surface area contributed by atoms with E-state index >= 15 is 0 Å². The topological polar surface area (TPSA) is 26.3 Å². The summed E-state index contributed by atoms with van der Waals surface area (Å²) in [7, 11) is 1.32. The van der Waals surface area contributed by atoms with Crippen LogP contribution in [-0.4, -0.2) is 13.1 Å². The van der Waals surface area contributed by atoms with E-state index in [4.69, 9.17) is 4.74 Å². The van der Waals surface area contributed by atoms with Crippen molar-refractivity contribution in [2.45, 2.75) is 0 Å². The summed E-state index contributed by atoms with van der Waals surface area (Å²) >= 11 is 1.40. The minimum absolute atomic E-state index is 0.413. The van der Waals surface area contributed by atoms with E-state index in [0.717, 1.165) is 10.9 Å². The largest absolute Gasteiger partial charge is 0.465 e. The Hall–Kier alpha value is -2.53. The lowest BCUT2D eigenvalue weighted by Gasteiger charge is -2.09. The van der Waals surface area contributed by atoms with Crippen molar-refractivity contribution in [2.75, 3.05) is 7.11 Å². The predicted octanol–water partition coefficient (Wildman–Crippen LogP) is 5.15. The number of hydrogen-bond donors (Lipinski definition) is 0. The molecule has 0 aliphatic heterocycles. The van der Waals surface area contributed by atoms with Crippen LogP contribution >= 0.6 is 11.3 Å². The molecular weight excluding hydrogens is 318 g/mol. The van der Waals surface area contributed by atoms with Gasteiger partial charge in [-0.3, -0.25) is 0 Å². The number of halogens is 2. The van der Waals surface area contributed by atoms with Gasteiger partial charge in [-0.25, -0.2) is 13.6 Å². The van der Waals surface area contributed by atoms with Crippen molar-refractivity contribution in [3.05, 3.63) is 71.1 Å². The van der Waals surface area contributed by atoms with E-state index in [1.807, 2.05) is 5.38 Å². The molecule has 5 heteroatoms. The van der Waals surface area contributed by atoms with Crippen LogP contribution < -0.4 is 0 Å². The second kappa shape index (κ2) is 6.30. The van der Waals surface area contributed by atoms with Gasteiger partial charge < -0.3 is 4.74 Å². The first-order valence-electron chi connectivity index (χ1n) is 6.82. The van der Waals surface area contributed by atoms with Gasteiger partial charge in [0.1, 0.15) is 11.6 Å². The lowest BCUT2D eigenvalue weighted by atomic mass is 9.99. The van der Waals surface area contributed by atoms with Crippen molar-refractivity contribution in [1.82, 2.24) is 0 Å². The molecule has 3 aromatic rings. The molecule has 0 aliphatic rings. The van der Waals surface area contributed by atoms with E-state index in [2.05, 4.69) is 0 Å². The van der Waals surface area contributed by atoms with Crippen LogP contribution in [0.2, 0.25) is 0 Å². The lowest BCUT2D eigenvalue weighted by Crippen LogP contribution is -2.03. The number of carbonyl (C=O) groups excluding carboxylic acids is 1. The number of ether oxygens (including phenoxy) is 1. The third kappa shape index (κ3) is 3.00. The van der Waals surface area contributed by atoms with Gasteiger partial charge in [0.15, 0.2) is 0 Å². The number of benzene rings is 2. The SMILES string of the molecule is COC(=O)c1ccccc1-c1sccc1-c1cc(F)cc(F)c1. The molecule has 0 atom stereocenters. The molecule has 1 heterocycles. The molecule has 0 amide bonds. The highest BCUT2D eigenvalue weighted by molar-refractivity contribution is 7.14. The van der Waals surface area contributed by atoms with Gasteiger partial charge in [-0.2, -0.15) is 0 Å². The standard InChI is InChI=1S/C18H12F2O2S/c1-22-18(21)16-5-3-2-4-15(16)17-14(6-7-23-17)11-8-12(19)10-13(20)9-11/h2-10H,1H3. The fourth-order valence-electron chi connectivity index (χ4n) is 2.42. The van der Waals surface area contributed by atoms with E-state index in [-0.39, 0.29) is 0 Å². The molecule has 0 spiro atoms. The molecule has 0 unspecified atom stereocenters. The molecule has 23 heavy (non-hydrogen) atoms. The Labute approximate surface area is 136 Å². The molecule has 0 radical (unpaired) electrons. The van der Waals surface area contributed by atoms with Gasteiger partial charge in [0.25, 0.3) is 0 Å². The summed E-state index contributed by atoms with van der Waals surface area (Å²) in [6.07, 6.45) is 0. The van der Waals surface area contributed by atoms with Gasteiger partial charge >= 0.3 is 5.97 Å². The minimum Gasteiger partial charge on any atom is -0.465 e. The molecule has 116 valence electrons. The summed E-state index contributed by atoms with van der Waals surface area (Å²) in [5, 5.41) is 1.82. The highest BCUT2D eigenvalue weighted by Gasteiger charge is 2.17. The summed E-state index contributed by atoms with van der Waals surface area (Å²) in [6.45, 7) is 0. The Balaban J connectivity index is 2.18. The molecule has 0 N–H and O–H groups in total. The molecule has 0 fully saturated rings. The fraction of sp³-hybridized carbons (Fsp3) is 0.0556. The van der Waals surface area contributed by atoms with E-state index in [1.54, 1.807) is 30.3 Å². The Morgan fingerprint density at radius 3 is 2.39 bits per heavy atom. The maximum absolute atomic E-state index is 13.5. The van der Waals surface area contributed by atoms with Crippen molar-refractivity contribution in [3.8, 4) is 21.6 Å². The first-order valence-corrected chi connectivity index (χ1v) is 7.70. The highest BCUT2D eigenvalue weighted by atomic mass is 32.1. The van der Waals surface area contributed by atoms with Gasteiger partial charge in [-0.15, -0.1) is 11.3 Å². The van der Waals surface area contributed by atoms with Crippen molar-refractivity contribution >= 4 is 17.3 Å². The fourth-order valence-corrected chi connectivity index (χ4v) is 3.38. The molecule has 2 aromatic carbocycles. The number of methoxy groups -OCH3 is 1. The van der Waals surface area contributed by atoms with Crippen LogP contribution in [0.15, 0.2) is 53.9 Å². The summed E-state index contributed by atoms with van der Waals surface area (Å²) in [4.78, 5) is 12.7. The van der Waals surface area contributed by atoms with E-state index in [9.17, 15) is 13.6 Å². The average Bonchev–Trinajstić information content (AvgIpc) is 3.02.